The second kappa shape index (κ2) is 8.48. The molecule has 0 saturated heterocycles. The standard InChI is InChI=1S/C26H21NO4S/c28-25(29)23(13-16-15-32-24-12-6-5-7-17(16)24)27-26(30)31-14-22-20-10-3-1-8-18(20)19-9-2-4-11-21(19)22/h1-12,15,22-23H,13-14H2,(H,27,30)(H,28,29)/t23-/m1/s1. The first-order chi connectivity index (χ1) is 15.6. The lowest BCUT2D eigenvalue weighted by atomic mass is 9.98. The lowest BCUT2D eigenvalue weighted by molar-refractivity contribution is -0.139. The second-order valence-electron chi connectivity index (χ2n) is 7.82. The molecule has 0 spiro atoms. The molecule has 0 bridgehead atoms. The highest BCUT2D eigenvalue weighted by molar-refractivity contribution is 7.17. The minimum atomic E-state index is -1.09. The number of ether oxygens (including phenoxy) is 1. The molecular weight excluding hydrogens is 422 g/mol. The molecule has 5 nitrogen and oxygen atoms in total. The largest absolute Gasteiger partial charge is 0.480 e. The Morgan fingerprint density at radius 2 is 1.56 bits per heavy atom. The molecule has 0 saturated carbocycles. The molecule has 2 N–H and O–H groups in total. The molecular formula is C26H21NO4S. The fourth-order valence-electron chi connectivity index (χ4n) is 4.39. The van der Waals surface area contributed by atoms with E-state index in [0.29, 0.717) is 0 Å². The minimum absolute atomic E-state index is 0.0720. The van der Waals surface area contributed by atoms with Crippen molar-refractivity contribution in [3.8, 4) is 11.1 Å². The van der Waals surface area contributed by atoms with Crippen LogP contribution in [0, 0.1) is 0 Å². The third-order valence-electron chi connectivity index (χ3n) is 5.92. The molecule has 1 aromatic heterocycles. The van der Waals surface area contributed by atoms with Crippen LogP contribution in [-0.4, -0.2) is 29.8 Å². The van der Waals surface area contributed by atoms with E-state index in [-0.39, 0.29) is 18.9 Å². The molecule has 160 valence electrons. The summed E-state index contributed by atoms with van der Waals surface area (Å²) in [5, 5.41) is 15.2. The molecule has 0 unspecified atom stereocenters. The SMILES string of the molecule is O=C(N[C@H](Cc1csc2ccccc12)C(=O)O)OCC1c2ccccc2-c2ccccc21. The van der Waals surface area contributed by atoms with E-state index in [1.165, 1.54) is 0 Å². The molecule has 1 atom stereocenters. The van der Waals surface area contributed by atoms with E-state index < -0.39 is 18.1 Å². The first-order valence-corrected chi connectivity index (χ1v) is 11.3. The summed E-state index contributed by atoms with van der Waals surface area (Å²) < 4.78 is 6.61. The van der Waals surface area contributed by atoms with Crippen LogP contribution in [-0.2, 0) is 16.0 Å². The van der Waals surface area contributed by atoms with Gasteiger partial charge in [-0.05, 0) is 44.6 Å². The van der Waals surface area contributed by atoms with Crippen molar-refractivity contribution in [3.05, 3.63) is 94.9 Å². The maximum absolute atomic E-state index is 12.5. The van der Waals surface area contributed by atoms with Gasteiger partial charge in [0.25, 0.3) is 0 Å². The number of thiophene rings is 1. The highest BCUT2D eigenvalue weighted by Gasteiger charge is 2.30. The van der Waals surface area contributed by atoms with Crippen LogP contribution in [0.15, 0.2) is 78.2 Å². The number of carbonyl (C=O) groups is 2. The molecule has 1 amide bonds. The lowest BCUT2D eigenvalue weighted by Gasteiger charge is -2.17. The maximum Gasteiger partial charge on any atom is 0.407 e. The summed E-state index contributed by atoms with van der Waals surface area (Å²) in [6.45, 7) is 0.146. The van der Waals surface area contributed by atoms with E-state index in [1.54, 1.807) is 11.3 Å². The van der Waals surface area contributed by atoms with Crippen molar-refractivity contribution in [1.82, 2.24) is 5.32 Å². The zero-order chi connectivity index (χ0) is 22.1. The van der Waals surface area contributed by atoms with Gasteiger partial charge in [0.2, 0.25) is 0 Å². The van der Waals surface area contributed by atoms with Crippen LogP contribution in [0.3, 0.4) is 0 Å². The van der Waals surface area contributed by atoms with Crippen molar-refractivity contribution >= 4 is 33.5 Å². The van der Waals surface area contributed by atoms with Crippen molar-refractivity contribution in [2.45, 2.75) is 18.4 Å². The molecule has 1 aliphatic rings. The Bertz CT molecular complexity index is 1270. The summed E-state index contributed by atoms with van der Waals surface area (Å²) >= 11 is 1.56. The number of carbonyl (C=O) groups excluding carboxylic acids is 1. The number of amides is 1. The van der Waals surface area contributed by atoms with Gasteiger partial charge in [0.05, 0.1) is 0 Å². The number of benzene rings is 3. The van der Waals surface area contributed by atoms with Gasteiger partial charge >= 0.3 is 12.1 Å². The molecule has 0 fully saturated rings. The number of nitrogens with one attached hydrogen (secondary N) is 1. The Balaban J connectivity index is 1.28. The molecule has 1 heterocycles. The van der Waals surface area contributed by atoms with Crippen molar-refractivity contribution < 1.29 is 19.4 Å². The van der Waals surface area contributed by atoms with Crippen molar-refractivity contribution in [3.63, 3.8) is 0 Å². The molecule has 0 radical (unpaired) electrons. The molecule has 5 rings (SSSR count). The quantitative estimate of drug-likeness (QED) is 0.416. The van der Waals surface area contributed by atoms with Crippen LogP contribution in [0.25, 0.3) is 21.2 Å². The Labute approximate surface area is 189 Å². The van der Waals surface area contributed by atoms with Crippen molar-refractivity contribution in [2.75, 3.05) is 6.61 Å². The van der Waals surface area contributed by atoms with Crippen molar-refractivity contribution in [2.24, 2.45) is 0 Å². The number of rotatable bonds is 6. The van der Waals surface area contributed by atoms with E-state index in [4.69, 9.17) is 4.74 Å². The number of carboxylic acid groups (broad SMARTS) is 1. The van der Waals surface area contributed by atoms with Gasteiger partial charge in [0, 0.05) is 17.0 Å². The van der Waals surface area contributed by atoms with Crippen LogP contribution >= 0.6 is 11.3 Å². The summed E-state index contributed by atoms with van der Waals surface area (Å²) in [6.07, 6.45) is -0.525. The molecule has 1 aliphatic carbocycles. The first-order valence-electron chi connectivity index (χ1n) is 10.4. The maximum atomic E-state index is 12.5. The van der Waals surface area contributed by atoms with E-state index in [9.17, 15) is 14.7 Å². The average molecular weight is 444 g/mol. The van der Waals surface area contributed by atoms with Crippen molar-refractivity contribution in [1.29, 1.82) is 0 Å². The van der Waals surface area contributed by atoms with Crippen LogP contribution < -0.4 is 5.32 Å². The van der Waals surface area contributed by atoms with E-state index >= 15 is 0 Å². The van der Waals surface area contributed by atoms with Gasteiger partial charge in [0.15, 0.2) is 0 Å². The number of fused-ring (bicyclic) bond motifs is 4. The van der Waals surface area contributed by atoms with Crippen LogP contribution in [0.1, 0.15) is 22.6 Å². The van der Waals surface area contributed by atoms with Gasteiger partial charge in [-0.2, -0.15) is 0 Å². The number of aliphatic carboxylic acids is 1. The van der Waals surface area contributed by atoms with Crippen LogP contribution in [0.4, 0.5) is 4.79 Å². The Hall–Kier alpha value is -3.64. The number of carboxylic acids is 1. The fourth-order valence-corrected chi connectivity index (χ4v) is 5.37. The van der Waals surface area contributed by atoms with E-state index in [0.717, 1.165) is 37.9 Å². The average Bonchev–Trinajstić information content (AvgIpc) is 3.36. The molecule has 6 heteroatoms. The Kier molecular flexibility index (Phi) is 5.37. The predicted molar refractivity (Wildman–Crippen MR) is 125 cm³/mol. The number of hydrogen-bond donors (Lipinski definition) is 2. The van der Waals surface area contributed by atoms with E-state index in [1.807, 2.05) is 66.0 Å². The van der Waals surface area contributed by atoms with Gasteiger partial charge in [-0.25, -0.2) is 9.59 Å². The van der Waals surface area contributed by atoms with Gasteiger partial charge in [-0.3, -0.25) is 0 Å². The third-order valence-corrected chi connectivity index (χ3v) is 6.93. The summed E-state index contributed by atoms with van der Waals surface area (Å²) in [7, 11) is 0. The first kappa shape index (κ1) is 20.3. The van der Waals surface area contributed by atoms with E-state index in [2.05, 4.69) is 17.4 Å². The second-order valence-corrected chi connectivity index (χ2v) is 8.73. The molecule has 0 aliphatic heterocycles. The van der Waals surface area contributed by atoms with Gasteiger partial charge in [-0.15, -0.1) is 11.3 Å². The van der Waals surface area contributed by atoms with Gasteiger partial charge < -0.3 is 15.2 Å². The van der Waals surface area contributed by atoms with Crippen LogP contribution in [0.5, 0.6) is 0 Å². The zero-order valence-corrected chi connectivity index (χ0v) is 18.0. The third kappa shape index (κ3) is 3.74. The minimum Gasteiger partial charge on any atom is -0.480 e. The predicted octanol–water partition coefficient (Wildman–Crippen LogP) is 5.44. The normalized spacial score (nSPS) is 13.4. The fraction of sp³-hybridized carbons (Fsp3) is 0.154. The smallest absolute Gasteiger partial charge is 0.407 e. The number of alkyl carbamates (subject to hydrolysis) is 1. The highest BCUT2D eigenvalue weighted by Crippen LogP contribution is 2.44. The monoisotopic (exact) mass is 443 g/mol. The molecule has 4 aromatic rings. The zero-order valence-electron chi connectivity index (χ0n) is 17.2. The Morgan fingerprint density at radius 1 is 0.938 bits per heavy atom. The summed E-state index contributed by atoms with van der Waals surface area (Å²) in [5.74, 6) is -1.16. The highest BCUT2D eigenvalue weighted by atomic mass is 32.1. The summed E-state index contributed by atoms with van der Waals surface area (Å²) in [5.41, 5.74) is 5.41. The van der Waals surface area contributed by atoms with Gasteiger partial charge in [0.1, 0.15) is 12.6 Å². The lowest BCUT2D eigenvalue weighted by Crippen LogP contribution is -2.42. The van der Waals surface area contributed by atoms with Crippen LogP contribution in [0.2, 0.25) is 0 Å². The topological polar surface area (TPSA) is 75.6 Å². The molecule has 3 aromatic carbocycles. The Morgan fingerprint density at radius 3 is 2.25 bits per heavy atom. The summed E-state index contributed by atoms with van der Waals surface area (Å²) in [4.78, 5) is 24.4. The number of hydrogen-bond acceptors (Lipinski definition) is 4. The summed E-state index contributed by atoms with van der Waals surface area (Å²) in [6, 6.07) is 22.9. The van der Waals surface area contributed by atoms with Gasteiger partial charge in [-0.1, -0.05) is 66.7 Å². The molecule has 32 heavy (non-hydrogen) atoms.